The Morgan fingerprint density at radius 2 is 1.96 bits per heavy atom. The normalized spacial score (nSPS) is 18.1. The lowest BCUT2D eigenvalue weighted by Gasteiger charge is -2.34. The average Bonchev–Trinajstić information content (AvgIpc) is 2.51. The summed E-state index contributed by atoms with van der Waals surface area (Å²) in [5.74, 6) is -0.637. The summed E-state index contributed by atoms with van der Waals surface area (Å²) in [6.07, 6.45) is -1.74. The minimum atomic E-state index is -1.11. The highest BCUT2D eigenvalue weighted by Gasteiger charge is 2.35. The van der Waals surface area contributed by atoms with Gasteiger partial charge in [-0.15, -0.1) is 0 Å². The largest absolute Gasteiger partial charge is 0.508 e. The van der Waals surface area contributed by atoms with Gasteiger partial charge in [0.1, 0.15) is 11.4 Å². The zero-order valence-electron chi connectivity index (χ0n) is 14.8. The molecule has 0 saturated carbocycles. The summed E-state index contributed by atoms with van der Waals surface area (Å²) in [5.41, 5.74) is 0.292. The molecule has 1 aromatic rings. The second-order valence-corrected chi connectivity index (χ2v) is 6.81. The number of nitrogens with zero attached hydrogens (tertiary/aromatic N) is 1. The van der Waals surface area contributed by atoms with E-state index in [1.165, 1.54) is 24.1 Å². The Morgan fingerprint density at radius 1 is 1.28 bits per heavy atom. The summed E-state index contributed by atoms with van der Waals surface area (Å²) in [6.45, 7) is 5.13. The Morgan fingerprint density at radius 3 is 2.52 bits per heavy atom. The SMILES string of the molecule is COC(=O)C1=C(c2cccc(O)c2)[C@H](O)CN(C(=O)OC(C)(C)C)C1. The molecule has 2 N–H and O–H groups in total. The first-order chi connectivity index (χ1) is 11.6. The van der Waals surface area contributed by atoms with Gasteiger partial charge in [-0.3, -0.25) is 0 Å². The fraction of sp³-hybridized carbons (Fsp3) is 0.444. The van der Waals surface area contributed by atoms with Crippen LogP contribution in [0.5, 0.6) is 5.75 Å². The molecule has 1 heterocycles. The lowest BCUT2D eigenvalue weighted by molar-refractivity contribution is -0.136. The van der Waals surface area contributed by atoms with Gasteiger partial charge in [-0.25, -0.2) is 9.59 Å². The Balaban J connectivity index is 2.41. The van der Waals surface area contributed by atoms with Gasteiger partial charge in [0.2, 0.25) is 0 Å². The number of amides is 1. The Bertz CT molecular complexity index is 704. The standard InChI is InChI=1S/C18H23NO6/c1-18(2,3)25-17(23)19-9-13(16(22)24-4)15(14(21)10-19)11-6-5-7-12(20)8-11/h5-8,14,20-21H,9-10H2,1-4H3/t14-/m1/s1. The van der Waals surface area contributed by atoms with Crippen LogP contribution >= 0.6 is 0 Å². The highest BCUT2D eigenvalue weighted by atomic mass is 16.6. The highest BCUT2D eigenvalue weighted by Crippen LogP contribution is 2.31. The van der Waals surface area contributed by atoms with Crippen molar-refractivity contribution in [1.29, 1.82) is 0 Å². The number of aromatic hydroxyl groups is 1. The fourth-order valence-electron chi connectivity index (χ4n) is 2.65. The number of aliphatic hydroxyl groups excluding tert-OH is 1. The minimum Gasteiger partial charge on any atom is -0.508 e. The van der Waals surface area contributed by atoms with E-state index in [1.54, 1.807) is 32.9 Å². The van der Waals surface area contributed by atoms with Gasteiger partial charge in [0.15, 0.2) is 0 Å². The van der Waals surface area contributed by atoms with Crippen LogP contribution in [-0.2, 0) is 14.3 Å². The molecule has 1 aromatic carbocycles. The van der Waals surface area contributed by atoms with Gasteiger partial charge in [-0.1, -0.05) is 12.1 Å². The van der Waals surface area contributed by atoms with Crippen molar-refractivity contribution in [2.45, 2.75) is 32.5 Å². The number of esters is 1. The Kier molecular flexibility index (Phi) is 5.37. The van der Waals surface area contributed by atoms with Crippen LogP contribution in [0.3, 0.4) is 0 Å². The van der Waals surface area contributed by atoms with Crippen LogP contribution in [0.25, 0.3) is 5.57 Å². The molecule has 0 radical (unpaired) electrons. The lowest BCUT2D eigenvalue weighted by atomic mass is 9.91. The van der Waals surface area contributed by atoms with Crippen molar-refractivity contribution in [1.82, 2.24) is 4.90 Å². The first-order valence-corrected chi connectivity index (χ1v) is 7.89. The Labute approximate surface area is 146 Å². The highest BCUT2D eigenvalue weighted by molar-refractivity contribution is 6.00. The number of carbonyl (C=O) groups is 2. The van der Waals surface area contributed by atoms with E-state index in [9.17, 15) is 19.8 Å². The monoisotopic (exact) mass is 349 g/mol. The van der Waals surface area contributed by atoms with Crippen LogP contribution in [0.15, 0.2) is 29.8 Å². The molecule has 1 amide bonds. The Hall–Kier alpha value is -2.54. The van der Waals surface area contributed by atoms with Gasteiger partial charge in [-0.2, -0.15) is 0 Å². The molecule has 0 saturated heterocycles. The number of β-amino-alcohol motifs (C(OH)–C–C–N with tert-alkyl or cyclic N) is 1. The van der Waals surface area contributed by atoms with E-state index in [2.05, 4.69) is 0 Å². The van der Waals surface area contributed by atoms with E-state index in [0.717, 1.165) is 0 Å². The number of benzene rings is 1. The molecule has 0 aliphatic carbocycles. The van der Waals surface area contributed by atoms with Crippen LogP contribution in [-0.4, -0.2) is 59.1 Å². The van der Waals surface area contributed by atoms with E-state index < -0.39 is 23.8 Å². The molecule has 0 aromatic heterocycles. The predicted molar refractivity (Wildman–Crippen MR) is 90.9 cm³/mol. The van der Waals surface area contributed by atoms with E-state index in [1.807, 2.05) is 0 Å². The number of carbonyl (C=O) groups excluding carboxylic acids is 2. The number of phenolic OH excluding ortho intramolecular Hbond substituents is 1. The van der Waals surface area contributed by atoms with Crippen molar-refractivity contribution < 1.29 is 29.3 Å². The summed E-state index contributed by atoms with van der Waals surface area (Å²) >= 11 is 0. The van der Waals surface area contributed by atoms with Crippen molar-refractivity contribution in [3.63, 3.8) is 0 Å². The molecule has 1 atom stereocenters. The number of aliphatic hydroxyl groups is 1. The first-order valence-electron chi connectivity index (χ1n) is 7.89. The quantitative estimate of drug-likeness (QED) is 0.792. The topological polar surface area (TPSA) is 96.3 Å². The number of ether oxygens (including phenoxy) is 2. The third-order valence-corrected chi connectivity index (χ3v) is 3.64. The molecule has 0 fully saturated rings. The van der Waals surface area contributed by atoms with Crippen LogP contribution in [0, 0.1) is 0 Å². The minimum absolute atomic E-state index is 0.0102. The maximum absolute atomic E-state index is 12.3. The third-order valence-electron chi connectivity index (χ3n) is 3.64. The van der Waals surface area contributed by atoms with Gasteiger partial charge in [0.25, 0.3) is 0 Å². The molecule has 7 heteroatoms. The summed E-state index contributed by atoms with van der Waals surface area (Å²) in [6, 6.07) is 6.22. The second kappa shape index (κ2) is 7.14. The van der Waals surface area contributed by atoms with Crippen LogP contribution < -0.4 is 0 Å². The third kappa shape index (κ3) is 4.51. The molecular formula is C18H23NO6. The van der Waals surface area contributed by atoms with Crippen molar-refractivity contribution in [3.8, 4) is 5.75 Å². The van der Waals surface area contributed by atoms with E-state index >= 15 is 0 Å². The van der Waals surface area contributed by atoms with Crippen LogP contribution in [0.4, 0.5) is 4.79 Å². The number of hydrogen-bond donors (Lipinski definition) is 2. The molecule has 136 valence electrons. The van der Waals surface area contributed by atoms with E-state index in [-0.39, 0.29) is 24.4 Å². The van der Waals surface area contributed by atoms with Crippen molar-refractivity contribution in [2.75, 3.05) is 20.2 Å². The number of hydrogen-bond acceptors (Lipinski definition) is 6. The fourth-order valence-corrected chi connectivity index (χ4v) is 2.65. The maximum Gasteiger partial charge on any atom is 0.410 e. The second-order valence-electron chi connectivity index (χ2n) is 6.81. The predicted octanol–water partition coefficient (Wildman–Crippen LogP) is 1.93. The molecule has 25 heavy (non-hydrogen) atoms. The molecule has 7 nitrogen and oxygen atoms in total. The average molecular weight is 349 g/mol. The number of methoxy groups -OCH3 is 1. The van der Waals surface area contributed by atoms with E-state index in [4.69, 9.17) is 9.47 Å². The van der Waals surface area contributed by atoms with Gasteiger partial charge in [0.05, 0.1) is 31.9 Å². The van der Waals surface area contributed by atoms with Gasteiger partial charge in [-0.05, 0) is 38.5 Å². The molecular weight excluding hydrogens is 326 g/mol. The summed E-state index contributed by atoms with van der Waals surface area (Å²) in [7, 11) is 1.23. The molecule has 1 aliphatic heterocycles. The number of phenols is 1. The molecule has 2 rings (SSSR count). The van der Waals surface area contributed by atoms with Gasteiger partial charge in [0, 0.05) is 5.57 Å². The van der Waals surface area contributed by atoms with E-state index in [0.29, 0.717) is 11.1 Å². The molecule has 0 unspecified atom stereocenters. The molecule has 1 aliphatic rings. The maximum atomic E-state index is 12.3. The zero-order valence-corrected chi connectivity index (χ0v) is 14.8. The van der Waals surface area contributed by atoms with Gasteiger partial charge < -0.3 is 24.6 Å². The molecule has 0 bridgehead atoms. The lowest BCUT2D eigenvalue weighted by Crippen LogP contribution is -2.46. The molecule has 0 spiro atoms. The summed E-state index contributed by atoms with van der Waals surface area (Å²) in [4.78, 5) is 25.8. The van der Waals surface area contributed by atoms with Gasteiger partial charge >= 0.3 is 12.1 Å². The zero-order chi connectivity index (χ0) is 18.8. The smallest absolute Gasteiger partial charge is 0.410 e. The first kappa shape index (κ1) is 18.8. The van der Waals surface area contributed by atoms with Crippen LogP contribution in [0.2, 0.25) is 0 Å². The van der Waals surface area contributed by atoms with Crippen molar-refractivity contribution in [3.05, 3.63) is 35.4 Å². The van der Waals surface area contributed by atoms with Crippen molar-refractivity contribution >= 4 is 17.6 Å². The van der Waals surface area contributed by atoms with Crippen molar-refractivity contribution in [2.24, 2.45) is 0 Å². The number of rotatable bonds is 2. The summed E-state index contributed by atoms with van der Waals surface area (Å²) < 4.78 is 10.1. The summed E-state index contributed by atoms with van der Waals surface area (Å²) in [5, 5.41) is 20.2. The van der Waals surface area contributed by atoms with Crippen LogP contribution in [0.1, 0.15) is 26.3 Å².